The number of methoxy groups -OCH3 is 1. The largest absolute Gasteiger partial charge is 0.494 e. The summed E-state index contributed by atoms with van der Waals surface area (Å²) in [6.07, 6.45) is -7.13. The number of aromatic nitrogens is 1. The molecule has 0 aliphatic heterocycles. The molecule has 0 aliphatic rings. The van der Waals surface area contributed by atoms with Gasteiger partial charge in [0.2, 0.25) is 0 Å². The average Bonchev–Trinajstić information content (AvgIpc) is 2.14. The van der Waals surface area contributed by atoms with Gasteiger partial charge in [-0.05, 0) is 22.6 Å². The van der Waals surface area contributed by atoms with Gasteiger partial charge >= 0.3 is 6.18 Å². The smallest absolute Gasteiger partial charge is 0.437 e. The van der Waals surface area contributed by atoms with Crippen LogP contribution in [0.3, 0.4) is 0 Å². The van der Waals surface area contributed by atoms with Crippen LogP contribution in [0.2, 0.25) is 0 Å². The van der Waals surface area contributed by atoms with E-state index in [1.54, 1.807) is 0 Å². The molecule has 0 saturated carbocycles. The Balaban J connectivity index is 3.49. The zero-order valence-corrected chi connectivity index (χ0v) is 9.94. The summed E-state index contributed by atoms with van der Waals surface area (Å²) in [7, 11) is 0.897. The summed E-state index contributed by atoms with van der Waals surface area (Å²) in [6, 6.07) is 0. The van der Waals surface area contributed by atoms with Crippen LogP contribution < -0.4 is 4.74 Å². The Bertz CT molecular complexity index is 393. The first kappa shape index (κ1) is 13.4. The van der Waals surface area contributed by atoms with Crippen LogP contribution in [0, 0.1) is 3.57 Å². The number of ether oxygens (including phenoxy) is 1. The lowest BCUT2D eigenvalue weighted by atomic mass is 10.2. The molecule has 8 heteroatoms. The lowest BCUT2D eigenvalue weighted by Crippen LogP contribution is -2.13. The first-order chi connectivity index (χ1) is 7.29. The molecule has 0 amide bonds. The number of halogens is 6. The minimum atomic E-state index is -4.82. The molecule has 0 fully saturated rings. The van der Waals surface area contributed by atoms with Crippen LogP contribution in [0.5, 0.6) is 5.75 Å². The number of pyridine rings is 1. The molecule has 1 heterocycles. The third-order valence-electron chi connectivity index (χ3n) is 1.71. The second-order valence-electron chi connectivity index (χ2n) is 2.70. The summed E-state index contributed by atoms with van der Waals surface area (Å²) in [6.45, 7) is 0. The summed E-state index contributed by atoms with van der Waals surface area (Å²) in [5, 5.41) is 0. The van der Waals surface area contributed by atoms with E-state index in [9.17, 15) is 22.0 Å². The third kappa shape index (κ3) is 2.53. The topological polar surface area (TPSA) is 22.1 Å². The number of hydrogen-bond acceptors (Lipinski definition) is 2. The highest BCUT2D eigenvalue weighted by Gasteiger charge is 2.39. The van der Waals surface area contributed by atoms with Gasteiger partial charge in [0.25, 0.3) is 6.43 Å². The molecular weight excluding hydrogens is 348 g/mol. The Morgan fingerprint density at radius 3 is 2.31 bits per heavy atom. The predicted molar refractivity (Wildman–Crippen MR) is 53.5 cm³/mol. The van der Waals surface area contributed by atoms with Crippen LogP contribution in [0.25, 0.3) is 0 Å². The second kappa shape index (κ2) is 4.68. The highest BCUT2D eigenvalue weighted by atomic mass is 127. The molecule has 0 spiro atoms. The summed E-state index contributed by atoms with van der Waals surface area (Å²) in [4.78, 5) is 3.07. The molecule has 16 heavy (non-hydrogen) atoms. The van der Waals surface area contributed by atoms with Crippen molar-refractivity contribution in [3.05, 3.63) is 21.0 Å². The first-order valence-corrected chi connectivity index (χ1v) is 4.94. The van der Waals surface area contributed by atoms with Crippen LogP contribution in [0.1, 0.15) is 17.7 Å². The minimum Gasteiger partial charge on any atom is -0.494 e. The molecule has 0 bridgehead atoms. The van der Waals surface area contributed by atoms with Gasteiger partial charge in [-0.2, -0.15) is 13.2 Å². The third-order valence-corrected chi connectivity index (χ3v) is 2.57. The van der Waals surface area contributed by atoms with Crippen molar-refractivity contribution < 1.29 is 26.7 Å². The van der Waals surface area contributed by atoms with Crippen molar-refractivity contribution in [1.82, 2.24) is 4.98 Å². The van der Waals surface area contributed by atoms with E-state index in [4.69, 9.17) is 0 Å². The van der Waals surface area contributed by atoms with Gasteiger partial charge in [-0.3, -0.25) is 0 Å². The summed E-state index contributed by atoms with van der Waals surface area (Å²) in [5.74, 6) is -0.922. The normalized spacial score (nSPS) is 12.0. The van der Waals surface area contributed by atoms with E-state index in [2.05, 4.69) is 9.72 Å². The summed E-state index contributed by atoms with van der Waals surface area (Å²) < 4.78 is 66.7. The van der Waals surface area contributed by atoms with Gasteiger partial charge in [-0.15, -0.1) is 0 Å². The average molecular weight is 353 g/mol. The van der Waals surface area contributed by atoms with Gasteiger partial charge in [-0.1, -0.05) is 0 Å². The van der Waals surface area contributed by atoms with E-state index in [-0.39, 0.29) is 3.57 Å². The fourth-order valence-electron chi connectivity index (χ4n) is 1.10. The van der Waals surface area contributed by atoms with Gasteiger partial charge in [0, 0.05) is 9.77 Å². The van der Waals surface area contributed by atoms with Gasteiger partial charge in [-0.25, -0.2) is 13.8 Å². The SMILES string of the molecule is COc1c(C(F)(F)F)ncc(I)c1C(F)F. The monoisotopic (exact) mass is 353 g/mol. The van der Waals surface area contributed by atoms with Crippen molar-refractivity contribution in [2.75, 3.05) is 7.11 Å². The zero-order chi connectivity index (χ0) is 12.5. The van der Waals surface area contributed by atoms with E-state index >= 15 is 0 Å². The molecule has 1 aromatic heterocycles. The van der Waals surface area contributed by atoms with Crippen molar-refractivity contribution in [3.63, 3.8) is 0 Å². The quantitative estimate of drug-likeness (QED) is 0.598. The number of hydrogen-bond donors (Lipinski definition) is 0. The molecule has 1 aromatic rings. The fraction of sp³-hybridized carbons (Fsp3) is 0.375. The van der Waals surface area contributed by atoms with Crippen LogP contribution in [-0.4, -0.2) is 12.1 Å². The number of alkyl halides is 5. The van der Waals surface area contributed by atoms with Crippen molar-refractivity contribution in [2.24, 2.45) is 0 Å². The lowest BCUT2D eigenvalue weighted by Gasteiger charge is -2.15. The molecule has 0 radical (unpaired) electrons. The van der Waals surface area contributed by atoms with E-state index in [1.165, 1.54) is 22.6 Å². The maximum absolute atomic E-state index is 12.6. The Labute approximate surface area is 101 Å². The van der Waals surface area contributed by atoms with Gasteiger partial charge in [0.05, 0.1) is 12.7 Å². The molecule has 0 aliphatic carbocycles. The first-order valence-electron chi connectivity index (χ1n) is 3.86. The molecule has 1 rings (SSSR count). The Kier molecular flexibility index (Phi) is 3.92. The highest BCUT2D eigenvalue weighted by Crippen LogP contribution is 2.41. The standard InChI is InChI=1S/C8H5F5INO/c1-16-5-4(7(9)10)3(14)2-15-6(5)8(11,12)13/h2,7H,1H3. The minimum absolute atomic E-state index is 0.0718. The lowest BCUT2D eigenvalue weighted by molar-refractivity contribution is -0.142. The van der Waals surface area contributed by atoms with Crippen molar-refractivity contribution in [3.8, 4) is 5.75 Å². The molecule has 0 N–H and O–H groups in total. The predicted octanol–water partition coefficient (Wildman–Crippen LogP) is 3.65. The Hall–Kier alpha value is -0.670. The molecule has 0 aromatic carbocycles. The molecular formula is C8H5F5INO. The van der Waals surface area contributed by atoms with Crippen molar-refractivity contribution >= 4 is 22.6 Å². The molecule has 0 saturated heterocycles. The van der Waals surface area contributed by atoms with Crippen molar-refractivity contribution in [2.45, 2.75) is 12.6 Å². The van der Waals surface area contributed by atoms with E-state index < -0.39 is 29.6 Å². The van der Waals surface area contributed by atoms with E-state index in [1.807, 2.05) is 0 Å². The van der Waals surface area contributed by atoms with Crippen LogP contribution >= 0.6 is 22.6 Å². The second-order valence-corrected chi connectivity index (χ2v) is 3.86. The van der Waals surface area contributed by atoms with Crippen LogP contribution in [0.4, 0.5) is 22.0 Å². The van der Waals surface area contributed by atoms with E-state index in [0.29, 0.717) is 0 Å². The number of nitrogens with zero attached hydrogens (tertiary/aromatic N) is 1. The van der Waals surface area contributed by atoms with Gasteiger partial charge in [0.15, 0.2) is 11.4 Å². The van der Waals surface area contributed by atoms with Crippen LogP contribution in [-0.2, 0) is 6.18 Å². The summed E-state index contributed by atoms with van der Waals surface area (Å²) in [5.41, 5.74) is -2.23. The van der Waals surface area contributed by atoms with Crippen LogP contribution in [0.15, 0.2) is 6.20 Å². The van der Waals surface area contributed by atoms with Gasteiger partial charge < -0.3 is 4.74 Å². The number of rotatable bonds is 2. The maximum atomic E-state index is 12.6. The molecule has 0 unspecified atom stereocenters. The Morgan fingerprint density at radius 2 is 1.94 bits per heavy atom. The maximum Gasteiger partial charge on any atom is 0.437 e. The highest BCUT2D eigenvalue weighted by molar-refractivity contribution is 14.1. The Morgan fingerprint density at radius 1 is 1.38 bits per heavy atom. The zero-order valence-electron chi connectivity index (χ0n) is 7.78. The van der Waals surface area contributed by atoms with Gasteiger partial charge in [0.1, 0.15) is 0 Å². The summed E-state index contributed by atoms with van der Waals surface area (Å²) >= 11 is 1.48. The molecule has 0 atom stereocenters. The molecule has 90 valence electrons. The van der Waals surface area contributed by atoms with Crippen molar-refractivity contribution in [1.29, 1.82) is 0 Å². The molecule has 2 nitrogen and oxygen atoms in total. The fourth-order valence-corrected chi connectivity index (χ4v) is 1.72. The van der Waals surface area contributed by atoms with E-state index in [0.717, 1.165) is 13.3 Å².